The molecule has 0 N–H and O–H groups in total. The van der Waals surface area contributed by atoms with Gasteiger partial charge in [-0.05, 0) is 42.8 Å². The molecule has 0 spiro atoms. The van der Waals surface area contributed by atoms with Crippen molar-refractivity contribution in [3.05, 3.63) is 106 Å². The van der Waals surface area contributed by atoms with Gasteiger partial charge in [0.1, 0.15) is 11.5 Å². The highest BCUT2D eigenvalue weighted by Crippen LogP contribution is 2.22. The topological polar surface area (TPSA) is 57.5 Å². The summed E-state index contributed by atoms with van der Waals surface area (Å²) in [7, 11) is 1.62. The fourth-order valence-electron chi connectivity index (χ4n) is 3.64. The molecule has 5 heteroatoms. The normalized spacial score (nSPS) is 10.8. The van der Waals surface area contributed by atoms with Crippen LogP contribution in [0.15, 0.2) is 83.8 Å². The molecular formula is C26H23NO4. The lowest BCUT2D eigenvalue weighted by Crippen LogP contribution is -2.20. The van der Waals surface area contributed by atoms with E-state index in [0.29, 0.717) is 29.9 Å². The van der Waals surface area contributed by atoms with Crippen LogP contribution in [0.1, 0.15) is 28.4 Å². The molecule has 0 bridgehead atoms. The van der Waals surface area contributed by atoms with E-state index in [1.165, 1.54) is 0 Å². The van der Waals surface area contributed by atoms with Gasteiger partial charge in [0.25, 0.3) is 0 Å². The smallest absolute Gasteiger partial charge is 0.200 e. The summed E-state index contributed by atoms with van der Waals surface area (Å²) in [6, 6.07) is 22.0. The van der Waals surface area contributed by atoms with Crippen molar-refractivity contribution in [3.8, 4) is 11.5 Å². The zero-order chi connectivity index (χ0) is 21.8. The fourth-order valence-corrected chi connectivity index (χ4v) is 3.64. The zero-order valence-electron chi connectivity index (χ0n) is 17.5. The van der Waals surface area contributed by atoms with Crippen molar-refractivity contribution in [2.45, 2.75) is 13.5 Å². The molecule has 0 radical (unpaired) electrons. The maximum atomic E-state index is 13.3. The van der Waals surface area contributed by atoms with Crippen LogP contribution in [0.2, 0.25) is 0 Å². The number of methoxy groups -OCH3 is 1. The first kappa shape index (κ1) is 20.4. The number of aromatic nitrogens is 1. The van der Waals surface area contributed by atoms with Crippen molar-refractivity contribution in [1.82, 2.24) is 4.57 Å². The second-order valence-corrected chi connectivity index (χ2v) is 7.16. The Morgan fingerprint density at radius 2 is 1.74 bits per heavy atom. The second-order valence-electron chi connectivity index (χ2n) is 7.16. The molecule has 0 atom stereocenters. The molecule has 0 amide bonds. The van der Waals surface area contributed by atoms with Gasteiger partial charge in [0.2, 0.25) is 5.43 Å². The maximum Gasteiger partial charge on any atom is 0.200 e. The van der Waals surface area contributed by atoms with Gasteiger partial charge in [0, 0.05) is 18.3 Å². The quantitative estimate of drug-likeness (QED) is 0.413. The highest BCUT2D eigenvalue weighted by molar-refractivity contribution is 6.10. The molecule has 4 aromatic rings. The molecular weight excluding hydrogens is 390 g/mol. The SMILES string of the molecule is CCOc1ccc2c(c1)c(=O)c(C(=O)c1ccccc1)cn2Cc1cccc(OC)c1. The lowest BCUT2D eigenvalue weighted by molar-refractivity contribution is 0.103. The summed E-state index contributed by atoms with van der Waals surface area (Å²) in [5, 5.41) is 0.454. The van der Waals surface area contributed by atoms with Crippen molar-refractivity contribution in [3.63, 3.8) is 0 Å². The van der Waals surface area contributed by atoms with Crippen molar-refractivity contribution in [2.75, 3.05) is 13.7 Å². The minimum atomic E-state index is -0.299. The van der Waals surface area contributed by atoms with Crippen molar-refractivity contribution >= 4 is 16.7 Å². The first-order valence-corrected chi connectivity index (χ1v) is 10.1. The zero-order valence-corrected chi connectivity index (χ0v) is 17.5. The highest BCUT2D eigenvalue weighted by Gasteiger charge is 2.18. The average molecular weight is 413 g/mol. The third-order valence-electron chi connectivity index (χ3n) is 5.13. The Bertz CT molecular complexity index is 1290. The average Bonchev–Trinajstić information content (AvgIpc) is 2.81. The molecule has 0 aliphatic carbocycles. The predicted molar refractivity (Wildman–Crippen MR) is 121 cm³/mol. The standard InChI is InChI=1S/C26H23NO4/c1-3-31-21-12-13-24-22(15-21)26(29)23(25(28)19-9-5-4-6-10-19)17-27(24)16-18-8-7-11-20(14-18)30-2/h4-15,17H,3,16H2,1-2H3. The van der Waals surface area contributed by atoms with Gasteiger partial charge >= 0.3 is 0 Å². The number of hydrogen-bond acceptors (Lipinski definition) is 4. The summed E-state index contributed by atoms with van der Waals surface area (Å²) < 4.78 is 12.9. The van der Waals surface area contributed by atoms with Crippen LogP contribution in [0.25, 0.3) is 10.9 Å². The van der Waals surface area contributed by atoms with E-state index in [1.807, 2.05) is 54.0 Å². The third kappa shape index (κ3) is 4.21. The van der Waals surface area contributed by atoms with Crippen LogP contribution < -0.4 is 14.9 Å². The van der Waals surface area contributed by atoms with Gasteiger partial charge in [-0.15, -0.1) is 0 Å². The van der Waals surface area contributed by atoms with Crippen LogP contribution in [0.3, 0.4) is 0 Å². The van der Waals surface area contributed by atoms with Crippen molar-refractivity contribution in [2.24, 2.45) is 0 Å². The molecule has 31 heavy (non-hydrogen) atoms. The van der Waals surface area contributed by atoms with Gasteiger partial charge in [-0.25, -0.2) is 0 Å². The second kappa shape index (κ2) is 8.88. The lowest BCUT2D eigenvalue weighted by Gasteiger charge is -2.15. The number of fused-ring (bicyclic) bond motifs is 1. The summed E-state index contributed by atoms with van der Waals surface area (Å²) in [4.78, 5) is 26.5. The molecule has 0 aliphatic rings. The van der Waals surface area contributed by atoms with Gasteiger partial charge in [-0.1, -0.05) is 42.5 Å². The van der Waals surface area contributed by atoms with Crippen LogP contribution in [-0.2, 0) is 6.54 Å². The van der Waals surface area contributed by atoms with Crippen molar-refractivity contribution < 1.29 is 14.3 Å². The third-order valence-corrected chi connectivity index (χ3v) is 5.13. The van der Waals surface area contributed by atoms with E-state index >= 15 is 0 Å². The molecule has 0 saturated carbocycles. The Morgan fingerprint density at radius 1 is 0.935 bits per heavy atom. The van der Waals surface area contributed by atoms with Gasteiger partial charge < -0.3 is 14.0 Å². The Kier molecular flexibility index (Phi) is 5.85. The van der Waals surface area contributed by atoms with E-state index in [-0.39, 0.29) is 16.8 Å². The molecule has 4 rings (SSSR count). The lowest BCUT2D eigenvalue weighted by atomic mass is 10.0. The summed E-state index contributed by atoms with van der Waals surface area (Å²) in [5.74, 6) is 1.06. The van der Waals surface area contributed by atoms with Crippen LogP contribution in [0.4, 0.5) is 0 Å². The molecule has 5 nitrogen and oxygen atoms in total. The number of carbonyl (C=O) groups is 1. The molecule has 0 unspecified atom stereocenters. The van der Waals surface area contributed by atoms with Gasteiger partial charge in [0.15, 0.2) is 5.78 Å². The summed E-state index contributed by atoms with van der Waals surface area (Å²) in [5.41, 5.74) is 2.05. The monoisotopic (exact) mass is 413 g/mol. The van der Waals surface area contributed by atoms with E-state index in [2.05, 4.69) is 0 Å². The summed E-state index contributed by atoms with van der Waals surface area (Å²) >= 11 is 0. The highest BCUT2D eigenvalue weighted by atomic mass is 16.5. The Hall–Kier alpha value is -3.86. The Balaban J connectivity index is 1.90. The first-order valence-electron chi connectivity index (χ1n) is 10.1. The maximum absolute atomic E-state index is 13.3. The number of hydrogen-bond donors (Lipinski definition) is 0. The number of nitrogens with zero attached hydrogens (tertiary/aromatic N) is 1. The minimum absolute atomic E-state index is 0.134. The summed E-state index contributed by atoms with van der Waals surface area (Å²) in [6.45, 7) is 2.86. The number of ketones is 1. The molecule has 0 fully saturated rings. The fraction of sp³-hybridized carbons (Fsp3) is 0.154. The Labute approximate surface area is 180 Å². The minimum Gasteiger partial charge on any atom is -0.497 e. The molecule has 0 aliphatic heterocycles. The van der Waals surface area contributed by atoms with E-state index in [1.54, 1.807) is 43.6 Å². The van der Waals surface area contributed by atoms with Crippen LogP contribution in [-0.4, -0.2) is 24.1 Å². The van der Waals surface area contributed by atoms with Crippen LogP contribution in [0, 0.1) is 0 Å². The number of pyridine rings is 1. The van der Waals surface area contributed by atoms with E-state index in [9.17, 15) is 9.59 Å². The molecule has 1 aromatic heterocycles. The van der Waals surface area contributed by atoms with Gasteiger partial charge in [0.05, 0.1) is 30.2 Å². The number of carbonyl (C=O) groups excluding carboxylic acids is 1. The number of benzene rings is 3. The Morgan fingerprint density at radius 3 is 2.48 bits per heavy atom. The van der Waals surface area contributed by atoms with E-state index in [4.69, 9.17) is 9.47 Å². The van der Waals surface area contributed by atoms with Crippen molar-refractivity contribution in [1.29, 1.82) is 0 Å². The van der Waals surface area contributed by atoms with Crippen LogP contribution in [0.5, 0.6) is 11.5 Å². The number of rotatable bonds is 7. The number of ether oxygens (including phenoxy) is 2. The van der Waals surface area contributed by atoms with Crippen LogP contribution >= 0.6 is 0 Å². The van der Waals surface area contributed by atoms with E-state index < -0.39 is 0 Å². The van der Waals surface area contributed by atoms with Gasteiger partial charge in [-0.2, -0.15) is 0 Å². The van der Waals surface area contributed by atoms with E-state index in [0.717, 1.165) is 16.8 Å². The molecule has 3 aromatic carbocycles. The molecule has 156 valence electrons. The first-order chi connectivity index (χ1) is 15.1. The summed E-state index contributed by atoms with van der Waals surface area (Å²) in [6.07, 6.45) is 1.65. The predicted octanol–water partition coefficient (Wildman–Crippen LogP) is 4.69. The molecule has 0 saturated heterocycles. The van der Waals surface area contributed by atoms with Gasteiger partial charge in [-0.3, -0.25) is 9.59 Å². The largest absolute Gasteiger partial charge is 0.497 e. The molecule has 1 heterocycles.